The first-order valence-electron chi connectivity index (χ1n) is 28.0. The molecule has 0 bridgehead atoms. The highest BCUT2D eigenvalue weighted by atomic mass is 15.2. The van der Waals surface area contributed by atoms with Gasteiger partial charge in [-0.15, -0.1) is 0 Å². The Morgan fingerprint density at radius 3 is 0.596 bits per heavy atom. The van der Waals surface area contributed by atoms with Gasteiger partial charge in [0.1, 0.15) is 0 Å². The van der Waals surface area contributed by atoms with Crippen LogP contribution >= 0.6 is 0 Å². The van der Waals surface area contributed by atoms with Crippen LogP contribution in [0.2, 0.25) is 0 Å². The number of hydrogen-bond acceptors (Lipinski definition) is 1. The topological polar surface area (TPSA) is 3.24 Å². The number of rotatable bonds is 51. The maximum Gasteiger partial charge on any atom is 0.0209 e. The quantitative estimate of drug-likeness (QED) is 0.0554. The summed E-state index contributed by atoms with van der Waals surface area (Å²) in [6.07, 6.45) is 70.0. The lowest BCUT2D eigenvalue weighted by Gasteiger charge is -2.45. The Balaban J connectivity index is 4.46. The van der Waals surface area contributed by atoms with Crippen LogP contribution in [0.15, 0.2) is 0 Å². The summed E-state index contributed by atoms with van der Waals surface area (Å²) in [6, 6.07) is 0. The zero-order valence-corrected chi connectivity index (χ0v) is 41.3. The van der Waals surface area contributed by atoms with E-state index in [2.05, 4.69) is 39.5 Å². The van der Waals surface area contributed by atoms with Gasteiger partial charge in [0, 0.05) is 5.54 Å². The molecule has 0 saturated carbocycles. The van der Waals surface area contributed by atoms with Crippen molar-refractivity contribution in [1.82, 2.24) is 4.90 Å². The van der Waals surface area contributed by atoms with Crippen LogP contribution in [0.4, 0.5) is 0 Å². The van der Waals surface area contributed by atoms with Crippen molar-refractivity contribution in [3.05, 3.63) is 0 Å². The average Bonchev–Trinajstić information content (AvgIpc) is 3.21. The largest absolute Gasteiger partial charge is 0.298 e. The summed E-state index contributed by atoms with van der Waals surface area (Å²) < 4.78 is 0. The van der Waals surface area contributed by atoms with Gasteiger partial charge in [-0.25, -0.2) is 0 Å². The monoisotopic (exact) mass is 802 g/mol. The van der Waals surface area contributed by atoms with Crippen LogP contribution < -0.4 is 0 Å². The first-order valence-corrected chi connectivity index (χ1v) is 28.0. The van der Waals surface area contributed by atoms with Crippen molar-refractivity contribution in [3.63, 3.8) is 0 Å². The average molecular weight is 803 g/mol. The fourth-order valence-electron chi connectivity index (χ4n) is 10.2. The summed E-state index contributed by atoms with van der Waals surface area (Å²) >= 11 is 0. The summed E-state index contributed by atoms with van der Waals surface area (Å²) in [5.74, 6) is 0. The minimum atomic E-state index is 0.468. The third-order valence-electron chi connectivity index (χ3n) is 13.9. The van der Waals surface area contributed by atoms with E-state index in [9.17, 15) is 0 Å². The first kappa shape index (κ1) is 57.0. The van der Waals surface area contributed by atoms with E-state index in [0.29, 0.717) is 5.54 Å². The molecular formula is C56H115N. The molecule has 1 heteroatoms. The van der Waals surface area contributed by atoms with Crippen molar-refractivity contribution in [2.75, 3.05) is 13.1 Å². The van der Waals surface area contributed by atoms with Crippen molar-refractivity contribution >= 4 is 0 Å². The zero-order valence-electron chi connectivity index (χ0n) is 41.3. The number of nitrogens with zero attached hydrogens (tertiary/aromatic N) is 1. The van der Waals surface area contributed by atoms with E-state index in [1.54, 1.807) is 0 Å². The SMILES string of the molecule is CCCCCCCCCCCCCCCCCCCCN(CCCCCCCCCCCCCCCCCCCC)C(CCC)(CCC)CCCCCCCCC. The van der Waals surface area contributed by atoms with Gasteiger partial charge in [0.25, 0.3) is 0 Å². The Labute approximate surface area is 365 Å². The molecule has 1 nitrogen and oxygen atoms in total. The Hall–Kier alpha value is -0.0400. The molecule has 0 aliphatic heterocycles. The van der Waals surface area contributed by atoms with Gasteiger partial charge >= 0.3 is 0 Å². The minimum absolute atomic E-state index is 0.468. The second-order valence-corrected chi connectivity index (χ2v) is 19.6. The molecule has 0 rings (SSSR count). The van der Waals surface area contributed by atoms with Crippen molar-refractivity contribution in [3.8, 4) is 0 Å². The molecule has 0 amide bonds. The standard InChI is InChI=1S/C56H115N/c1-6-11-14-17-20-22-24-26-28-30-32-34-36-38-40-43-46-49-54-57(56(51-9-4,52-10-5)53-48-45-42-19-16-13-8-3)55-50-47-44-41-39-37-35-33-31-29-27-25-23-21-18-15-12-7-2/h6-55H2,1-5H3. The van der Waals surface area contributed by atoms with E-state index in [1.807, 2.05) is 0 Å². The molecule has 0 spiro atoms. The second-order valence-electron chi connectivity index (χ2n) is 19.6. The minimum Gasteiger partial charge on any atom is -0.298 e. The summed E-state index contributed by atoms with van der Waals surface area (Å²) in [5, 5.41) is 0. The molecule has 0 aromatic heterocycles. The Morgan fingerprint density at radius 2 is 0.386 bits per heavy atom. The first-order chi connectivity index (χ1) is 28.2. The van der Waals surface area contributed by atoms with Gasteiger partial charge in [-0.3, -0.25) is 4.90 Å². The van der Waals surface area contributed by atoms with Gasteiger partial charge in [-0.1, -0.05) is 311 Å². The molecule has 0 unspecified atom stereocenters. The smallest absolute Gasteiger partial charge is 0.0209 e. The predicted molar refractivity (Wildman–Crippen MR) is 264 cm³/mol. The molecule has 0 saturated heterocycles. The molecule has 0 aromatic rings. The van der Waals surface area contributed by atoms with Gasteiger partial charge in [0.15, 0.2) is 0 Å². The van der Waals surface area contributed by atoms with Crippen molar-refractivity contribution in [2.45, 2.75) is 348 Å². The molecular weight excluding hydrogens is 687 g/mol. The molecule has 0 radical (unpaired) electrons. The lowest BCUT2D eigenvalue weighted by atomic mass is 9.81. The second kappa shape index (κ2) is 48.6. The summed E-state index contributed by atoms with van der Waals surface area (Å²) in [6.45, 7) is 14.7. The zero-order chi connectivity index (χ0) is 41.4. The molecule has 0 aliphatic carbocycles. The van der Waals surface area contributed by atoms with Crippen molar-refractivity contribution in [1.29, 1.82) is 0 Å². The van der Waals surface area contributed by atoms with E-state index in [-0.39, 0.29) is 0 Å². The Bertz CT molecular complexity index is 653. The Morgan fingerprint density at radius 1 is 0.193 bits per heavy atom. The van der Waals surface area contributed by atoms with Gasteiger partial charge in [0.2, 0.25) is 0 Å². The van der Waals surface area contributed by atoms with Crippen LogP contribution in [0.5, 0.6) is 0 Å². The fourth-order valence-corrected chi connectivity index (χ4v) is 10.2. The van der Waals surface area contributed by atoms with Crippen molar-refractivity contribution < 1.29 is 0 Å². The molecule has 0 heterocycles. The van der Waals surface area contributed by atoms with Crippen LogP contribution in [0, 0.1) is 0 Å². The Kier molecular flexibility index (Phi) is 48.6. The summed E-state index contributed by atoms with van der Waals surface area (Å²) in [4.78, 5) is 3.11. The normalized spacial score (nSPS) is 12.1. The molecule has 0 N–H and O–H groups in total. The number of hydrogen-bond donors (Lipinski definition) is 0. The molecule has 0 fully saturated rings. The highest BCUT2D eigenvalue weighted by Gasteiger charge is 2.34. The van der Waals surface area contributed by atoms with Crippen LogP contribution in [-0.2, 0) is 0 Å². The van der Waals surface area contributed by atoms with E-state index in [4.69, 9.17) is 0 Å². The number of unbranched alkanes of at least 4 members (excludes halogenated alkanes) is 40. The fraction of sp³-hybridized carbons (Fsp3) is 1.00. The van der Waals surface area contributed by atoms with E-state index < -0.39 is 0 Å². The summed E-state index contributed by atoms with van der Waals surface area (Å²) in [7, 11) is 0. The lowest BCUT2D eigenvalue weighted by Crippen LogP contribution is -2.49. The maximum absolute atomic E-state index is 3.11. The van der Waals surface area contributed by atoms with E-state index >= 15 is 0 Å². The van der Waals surface area contributed by atoms with E-state index in [0.717, 1.165) is 0 Å². The highest BCUT2D eigenvalue weighted by molar-refractivity contribution is 4.90. The third-order valence-corrected chi connectivity index (χ3v) is 13.9. The third kappa shape index (κ3) is 39.8. The molecule has 57 heavy (non-hydrogen) atoms. The van der Waals surface area contributed by atoms with Crippen LogP contribution in [-0.4, -0.2) is 23.5 Å². The lowest BCUT2D eigenvalue weighted by molar-refractivity contribution is 0.0520. The van der Waals surface area contributed by atoms with E-state index in [1.165, 1.54) is 321 Å². The highest BCUT2D eigenvalue weighted by Crippen LogP contribution is 2.34. The van der Waals surface area contributed by atoms with Gasteiger partial charge in [0.05, 0.1) is 0 Å². The van der Waals surface area contributed by atoms with Crippen molar-refractivity contribution in [2.24, 2.45) is 0 Å². The van der Waals surface area contributed by atoms with Gasteiger partial charge < -0.3 is 0 Å². The molecule has 0 atom stereocenters. The maximum atomic E-state index is 3.11. The van der Waals surface area contributed by atoms with Crippen LogP contribution in [0.3, 0.4) is 0 Å². The van der Waals surface area contributed by atoms with Crippen LogP contribution in [0.1, 0.15) is 343 Å². The molecule has 0 aliphatic rings. The van der Waals surface area contributed by atoms with Crippen LogP contribution in [0.25, 0.3) is 0 Å². The predicted octanol–water partition coefficient (Wildman–Crippen LogP) is 20.9. The summed E-state index contributed by atoms with van der Waals surface area (Å²) in [5.41, 5.74) is 0.468. The molecule has 344 valence electrons. The molecule has 0 aromatic carbocycles. The van der Waals surface area contributed by atoms with Gasteiger partial charge in [-0.05, 0) is 45.2 Å². The van der Waals surface area contributed by atoms with Gasteiger partial charge in [-0.2, -0.15) is 0 Å².